The topological polar surface area (TPSA) is 53.7 Å². The van der Waals surface area contributed by atoms with Crippen LogP contribution >= 0.6 is 0 Å². The summed E-state index contributed by atoms with van der Waals surface area (Å²) in [5, 5.41) is 0. The van der Waals surface area contributed by atoms with Crippen LogP contribution in [0.3, 0.4) is 0 Å². The van der Waals surface area contributed by atoms with E-state index in [9.17, 15) is 0 Å². The molecule has 4 nitrogen and oxygen atoms in total. The molecule has 0 aromatic heterocycles. The molecule has 0 amide bonds. The third kappa shape index (κ3) is 2.61. The minimum Gasteiger partial charge on any atom is -0.496 e. The van der Waals surface area contributed by atoms with Gasteiger partial charge in [-0.25, -0.2) is 5.90 Å². The molecule has 0 aliphatic heterocycles. The zero-order valence-corrected chi connectivity index (χ0v) is 9.37. The maximum atomic E-state index is 5.27. The molecule has 0 saturated heterocycles. The van der Waals surface area contributed by atoms with Crippen molar-refractivity contribution in [1.82, 2.24) is 0 Å². The number of benzene rings is 1. The van der Waals surface area contributed by atoms with Crippen molar-refractivity contribution in [2.45, 2.75) is 20.0 Å². The molecule has 0 heterocycles. The minimum absolute atomic E-state index is 0.309. The van der Waals surface area contributed by atoms with Gasteiger partial charge in [-0.2, -0.15) is 0 Å². The van der Waals surface area contributed by atoms with Crippen LogP contribution in [0, 0.1) is 0 Å². The summed E-state index contributed by atoms with van der Waals surface area (Å²) in [6.07, 6.45) is 0.892. The van der Waals surface area contributed by atoms with E-state index in [0.717, 1.165) is 29.0 Å². The Bertz CT molecular complexity index is 326. The van der Waals surface area contributed by atoms with Crippen LogP contribution in [0.15, 0.2) is 12.1 Å². The summed E-state index contributed by atoms with van der Waals surface area (Å²) in [7, 11) is 3.27. The van der Waals surface area contributed by atoms with E-state index in [2.05, 4.69) is 11.8 Å². The normalized spacial score (nSPS) is 10.1. The van der Waals surface area contributed by atoms with Crippen molar-refractivity contribution in [3.8, 4) is 11.5 Å². The second-order valence-corrected chi connectivity index (χ2v) is 3.14. The second-order valence-electron chi connectivity index (χ2n) is 3.14. The third-order valence-corrected chi connectivity index (χ3v) is 2.30. The van der Waals surface area contributed by atoms with Crippen LogP contribution in [0.25, 0.3) is 0 Å². The molecular formula is C11H17NO3. The Kier molecular flexibility index (Phi) is 4.39. The van der Waals surface area contributed by atoms with Gasteiger partial charge < -0.3 is 9.47 Å². The molecular weight excluding hydrogens is 194 g/mol. The zero-order valence-electron chi connectivity index (χ0n) is 9.37. The molecule has 0 fully saturated rings. The largest absolute Gasteiger partial charge is 0.496 e. The van der Waals surface area contributed by atoms with Gasteiger partial charge >= 0.3 is 0 Å². The average Bonchev–Trinajstić information content (AvgIpc) is 2.28. The Morgan fingerprint density at radius 2 is 1.60 bits per heavy atom. The molecule has 0 spiro atoms. The fourth-order valence-corrected chi connectivity index (χ4v) is 1.50. The summed E-state index contributed by atoms with van der Waals surface area (Å²) in [6, 6.07) is 3.84. The Morgan fingerprint density at radius 1 is 1.07 bits per heavy atom. The van der Waals surface area contributed by atoms with E-state index in [1.807, 2.05) is 12.1 Å². The van der Waals surface area contributed by atoms with Crippen molar-refractivity contribution >= 4 is 0 Å². The SMILES string of the molecule is CCc1cc(OC)c(CON)cc1OC. The van der Waals surface area contributed by atoms with Crippen molar-refractivity contribution in [3.63, 3.8) is 0 Å². The van der Waals surface area contributed by atoms with E-state index < -0.39 is 0 Å². The first-order valence-electron chi connectivity index (χ1n) is 4.82. The van der Waals surface area contributed by atoms with Crippen molar-refractivity contribution in [3.05, 3.63) is 23.3 Å². The lowest BCUT2D eigenvalue weighted by Crippen LogP contribution is -2.03. The average molecular weight is 211 g/mol. The van der Waals surface area contributed by atoms with Gasteiger partial charge in [0.15, 0.2) is 0 Å². The lowest BCUT2D eigenvalue weighted by atomic mass is 10.1. The fraction of sp³-hybridized carbons (Fsp3) is 0.455. The van der Waals surface area contributed by atoms with Crippen molar-refractivity contribution < 1.29 is 14.3 Å². The molecule has 0 aliphatic carbocycles. The predicted octanol–water partition coefficient (Wildman–Crippen LogP) is 1.66. The molecule has 0 unspecified atom stereocenters. The first kappa shape index (κ1) is 11.8. The molecule has 0 radical (unpaired) electrons. The number of methoxy groups -OCH3 is 2. The van der Waals surface area contributed by atoms with Crippen molar-refractivity contribution in [2.24, 2.45) is 5.90 Å². The predicted molar refractivity (Wildman–Crippen MR) is 57.9 cm³/mol. The standard InChI is InChI=1S/C11H17NO3/c1-4-8-5-11(14-3)9(7-15-12)6-10(8)13-2/h5-6H,4,7,12H2,1-3H3. The first-order valence-corrected chi connectivity index (χ1v) is 4.82. The Labute approximate surface area is 89.9 Å². The molecule has 4 heteroatoms. The van der Waals surface area contributed by atoms with Crippen molar-refractivity contribution in [2.75, 3.05) is 14.2 Å². The molecule has 0 aliphatic rings. The molecule has 84 valence electrons. The van der Waals surface area contributed by atoms with Crippen LogP contribution in [0.1, 0.15) is 18.1 Å². The molecule has 1 aromatic rings. The smallest absolute Gasteiger partial charge is 0.125 e. The van der Waals surface area contributed by atoms with Gasteiger partial charge in [0, 0.05) is 5.56 Å². The fourth-order valence-electron chi connectivity index (χ4n) is 1.50. The van der Waals surface area contributed by atoms with Gasteiger partial charge in [-0.05, 0) is 24.1 Å². The molecule has 2 N–H and O–H groups in total. The van der Waals surface area contributed by atoms with Gasteiger partial charge in [-0.3, -0.25) is 4.84 Å². The van der Waals surface area contributed by atoms with E-state index in [1.54, 1.807) is 14.2 Å². The molecule has 1 rings (SSSR count). The second kappa shape index (κ2) is 5.58. The van der Waals surface area contributed by atoms with Gasteiger partial charge in [-0.15, -0.1) is 0 Å². The summed E-state index contributed by atoms with van der Waals surface area (Å²) in [6.45, 7) is 2.37. The minimum atomic E-state index is 0.309. The molecule has 0 saturated carbocycles. The van der Waals surface area contributed by atoms with Crippen LogP contribution in [-0.4, -0.2) is 14.2 Å². The number of hydrogen-bond acceptors (Lipinski definition) is 4. The highest BCUT2D eigenvalue weighted by Gasteiger charge is 2.09. The number of ether oxygens (including phenoxy) is 2. The van der Waals surface area contributed by atoms with Crippen LogP contribution in [-0.2, 0) is 17.9 Å². The van der Waals surface area contributed by atoms with Gasteiger partial charge in [-0.1, -0.05) is 6.92 Å². The van der Waals surface area contributed by atoms with Crippen LogP contribution in [0.2, 0.25) is 0 Å². The lowest BCUT2D eigenvalue weighted by molar-refractivity contribution is 0.122. The summed E-state index contributed by atoms with van der Waals surface area (Å²) in [5.41, 5.74) is 1.99. The lowest BCUT2D eigenvalue weighted by Gasteiger charge is -2.13. The van der Waals surface area contributed by atoms with E-state index in [4.69, 9.17) is 15.4 Å². The molecule has 0 bridgehead atoms. The summed E-state index contributed by atoms with van der Waals surface area (Å²) in [5.74, 6) is 6.66. The highest BCUT2D eigenvalue weighted by molar-refractivity contribution is 5.46. The highest BCUT2D eigenvalue weighted by atomic mass is 16.6. The summed E-state index contributed by atoms with van der Waals surface area (Å²) >= 11 is 0. The number of nitrogens with two attached hydrogens (primary N) is 1. The van der Waals surface area contributed by atoms with E-state index in [1.165, 1.54) is 0 Å². The summed E-state index contributed by atoms with van der Waals surface area (Å²) in [4.78, 5) is 4.61. The summed E-state index contributed by atoms with van der Waals surface area (Å²) < 4.78 is 10.5. The Hall–Kier alpha value is -1.26. The van der Waals surface area contributed by atoms with Crippen LogP contribution < -0.4 is 15.4 Å². The van der Waals surface area contributed by atoms with Gasteiger partial charge in [0.25, 0.3) is 0 Å². The van der Waals surface area contributed by atoms with E-state index in [-0.39, 0.29) is 0 Å². The van der Waals surface area contributed by atoms with Gasteiger partial charge in [0.1, 0.15) is 11.5 Å². The van der Waals surface area contributed by atoms with Crippen LogP contribution in [0.4, 0.5) is 0 Å². The van der Waals surface area contributed by atoms with Crippen molar-refractivity contribution in [1.29, 1.82) is 0 Å². The monoisotopic (exact) mass is 211 g/mol. The number of rotatable bonds is 5. The van der Waals surface area contributed by atoms with Crippen LogP contribution in [0.5, 0.6) is 11.5 Å². The first-order chi connectivity index (χ1) is 7.26. The molecule has 15 heavy (non-hydrogen) atoms. The number of aryl methyl sites for hydroxylation is 1. The Balaban J connectivity index is 3.15. The maximum Gasteiger partial charge on any atom is 0.125 e. The van der Waals surface area contributed by atoms with Gasteiger partial charge in [0.2, 0.25) is 0 Å². The molecule has 0 atom stereocenters. The van der Waals surface area contributed by atoms with E-state index in [0.29, 0.717) is 6.61 Å². The number of hydrogen-bond donors (Lipinski definition) is 1. The maximum absolute atomic E-state index is 5.27. The Morgan fingerprint density at radius 3 is 2.07 bits per heavy atom. The van der Waals surface area contributed by atoms with E-state index >= 15 is 0 Å². The van der Waals surface area contributed by atoms with Gasteiger partial charge in [0.05, 0.1) is 20.8 Å². The highest BCUT2D eigenvalue weighted by Crippen LogP contribution is 2.29. The third-order valence-electron chi connectivity index (χ3n) is 2.30. The quantitative estimate of drug-likeness (QED) is 0.752. The zero-order chi connectivity index (χ0) is 11.3. The molecule has 1 aromatic carbocycles.